The number of para-hydroxylation sites is 1. The number of nitrogens with zero attached hydrogens (tertiary/aromatic N) is 2. The van der Waals surface area contributed by atoms with Gasteiger partial charge in [0.1, 0.15) is 0 Å². The second-order valence-corrected chi connectivity index (χ2v) is 7.00. The van der Waals surface area contributed by atoms with Crippen LogP contribution in [0.3, 0.4) is 0 Å². The predicted octanol–water partition coefficient (Wildman–Crippen LogP) is 3.80. The standard InChI is InChI=1S/C21H26N2O3/c1-14-17-10-6-7-11-18(17)22-15(2)19(14)21(25)26-16(3)20(24)23-12-8-4-5-9-13-23/h6-7,10-11,16H,4-5,8-9,12-13H2,1-3H3. The monoisotopic (exact) mass is 354 g/mol. The summed E-state index contributed by atoms with van der Waals surface area (Å²) in [5.74, 6) is -0.585. The number of likely N-dealkylation sites (tertiary alicyclic amines) is 1. The van der Waals surface area contributed by atoms with Crippen molar-refractivity contribution in [3.8, 4) is 0 Å². The summed E-state index contributed by atoms with van der Waals surface area (Å²) in [6.07, 6.45) is 3.54. The zero-order valence-corrected chi connectivity index (χ0v) is 15.7. The molecule has 5 nitrogen and oxygen atoms in total. The van der Waals surface area contributed by atoms with E-state index >= 15 is 0 Å². The Hall–Kier alpha value is -2.43. The van der Waals surface area contributed by atoms with Gasteiger partial charge in [-0.15, -0.1) is 0 Å². The molecule has 1 fully saturated rings. The molecule has 3 rings (SSSR count). The van der Waals surface area contributed by atoms with Crippen LogP contribution in [0.15, 0.2) is 24.3 Å². The minimum absolute atomic E-state index is 0.107. The highest BCUT2D eigenvalue weighted by atomic mass is 16.5. The second kappa shape index (κ2) is 7.85. The number of rotatable bonds is 3. The molecule has 0 N–H and O–H groups in total. The van der Waals surface area contributed by atoms with E-state index in [2.05, 4.69) is 4.98 Å². The van der Waals surface area contributed by atoms with Crippen LogP contribution < -0.4 is 0 Å². The Morgan fingerprint density at radius 1 is 1.08 bits per heavy atom. The maximum Gasteiger partial charge on any atom is 0.341 e. The molecule has 0 bridgehead atoms. The SMILES string of the molecule is Cc1nc2ccccc2c(C)c1C(=O)OC(C)C(=O)N1CCCCCC1. The molecular weight excluding hydrogens is 328 g/mol. The lowest BCUT2D eigenvalue weighted by molar-refractivity contribution is -0.139. The summed E-state index contributed by atoms with van der Waals surface area (Å²) in [6.45, 7) is 6.85. The molecule has 0 aliphatic carbocycles. The number of ether oxygens (including phenoxy) is 1. The summed E-state index contributed by atoms with van der Waals surface area (Å²) in [5, 5.41) is 0.927. The number of fused-ring (bicyclic) bond motifs is 1. The van der Waals surface area contributed by atoms with Crippen molar-refractivity contribution >= 4 is 22.8 Å². The van der Waals surface area contributed by atoms with Crippen LogP contribution >= 0.6 is 0 Å². The zero-order valence-electron chi connectivity index (χ0n) is 15.7. The summed E-state index contributed by atoms with van der Waals surface area (Å²) in [4.78, 5) is 31.7. The molecule has 2 heterocycles. The van der Waals surface area contributed by atoms with E-state index < -0.39 is 12.1 Å². The highest BCUT2D eigenvalue weighted by Crippen LogP contribution is 2.23. The van der Waals surface area contributed by atoms with Gasteiger partial charge in [0.05, 0.1) is 16.8 Å². The van der Waals surface area contributed by atoms with E-state index in [1.807, 2.05) is 36.1 Å². The van der Waals surface area contributed by atoms with Gasteiger partial charge in [-0.05, 0) is 45.2 Å². The molecule has 1 unspecified atom stereocenters. The van der Waals surface area contributed by atoms with E-state index in [9.17, 15) is 9.59 Å². The van der Waals surface area contributed by atoms with E-state index in [0.717, 1.165) is 55.2 Å². The van der Waals surface area contributed by atoms with Gasteiger partial charge in [0.2, 0.25) is 0 Å². The fraction of sp³-hybridized carbons (Fsp3) is 0.476. The van der Waals surface area contributed by atoms with E-state index in [1.54, 1.807) is 13.8 Å². The molecule has 1 aliphatic heterocycles. The first-order valence-electron chi connectivity index (χ1n) is 9.34. The average molecular weight is 354 g/mol. The largest absolute Gasteiger partial charge is 0.449 e. The van der Waals surface area contributed by atoms with Gasteiger partial charge in [0.25, 0.3) is 5.91 Å². The van der Waals surface area contributed by atoms with Gasteiger partial charge in [0.15, 0.2) is 6.10 Å². The Bertz CT molecular complexity index is 823. The van der Waals surface area contributed by atoms with Crippen molar-refractivity contribution < 1.29 is 14.3 Å². The topological polar surface area (TPSA) is 59.5 Å². The first kappa shape index (κ1) is 18.4. The number of esters is 1. The van der Waals surface area contributed by atoms with Crippen molar-refractivity contribution in [1.29, 1.82) is 0 Å². The minimum Gasteiger partial charge on any atom is -0.449 e. The molecule has 1 aromatic carbocycles. The van der Waals surface area contributed by atoms with E-state index in [1.165, 1.54) is 0 Å². The highest BCUT2D eigenvalue weighted by Gasteiger charge is 2.26. The molecule has 0 radical (unpaired) electrons. The maximum absolute atomic E-state index is 12.8. The highest BCUT2D eigenvalue weighted by molar-refractivity contribution is 5.99. The van der Waals surface area contributed by atoms with Gasteiger partial charge in [-0.2, -0.15) is 0 Å². The first-order chi connectivity index (χ1) is 12.5. The summed E-state index contributed by atoms with van der Waals surface area (Å²) in [7, 11) is 0. The third kappa shape index (κ3) is 3.71. The van der Waals surface area contributed by atoms with Gasteiger partial charge in [-0.3, -0.25) is 9.78 Å². The Morgan fingerprint density at radius 3 is 2.42 bits per heavy atom. The molecule has 1 amide bonds. The van der Waals surface area contributed by atoms with Crippen molar-refractivity contribution in [3.63, 3.8) is 0 Å². The van der Waals surface area contributed by atoms with E-state index in [0.29, 0.717) is 11.3 Å². The summed E-state index contributed by atoms with van der Waals surface area (Å²) >= 11 is 0. The van der Waals surface area contributed by atoms with Crippen LogP contribution in [0.25, 0.3) is 10.9 Å². The van der Waals surface area contributed by atoms with Crippen molar-refractivity contribution in [2.45, 2.75) is 52.6 Å². The summed E-state index contributed by atoms with van der Waals surface area (Å²) in [6, 6.07) is 7.72. The molecule has 1 atom stereocenters. The molecule has 0 spiro atoms. The van der Waals surface area contributed by atoms with Crippen LogP contribution in [-0.4, -0.2) is 41.0 Å². The maximum atomic E-state index is 12.8. The molecule has 0 saturated carbocycles. The molecule has 26 heavy (non-hydrogen) atoms. The summed E-state index contributed by atoms with van der Waals surface area (Å²) in [5.41, 5.74) is 2.78. The fourth-order valence-electron chi connectivity index (χ4n) is 3.65. The number of carbonyl (C=O) groups is 2. The van der Waals surface area contributed by atoms with Gasteiger partial charge in [0, 0.05) is 18.5 Å². The first-order valence-corrected chi connectivity index (χ1v) is 9.34. The molecule has 1 saturated heterocycles. The average Bonchev–Trinajstić information content (AvgIpc) is 2.90. The molecule has 138 valence electrons. The number of aryl methyl sites for hydroxylation is 2. The van der Waals surface area contributed by atoms with Crippen LogP contribution in [0.2, 0.25) is 0 Å². The van der Waals surface area contributed by atoms with Crippen LogP contribution in [0.1, 0.15) is 54.2 Å². The zero-order chi connectivity index (χ0) is 18.7. The van der Waals surface area contributed by atoms with Gasteiger partial charge in [-0.1, -0.05) is 31.0 Å². The Kier molecular flexibility index (Phi) is 5.55. The Balaban J connectivity index is 1.79. The molecule has 1 aliphatic rings. The number of pyridine rings is 1. The molecule has 2 aromatic rings. The Morgan fingerprint density at radius 2 is 1.73 bits per heavy atom. The second-order valence-electron chi connectivity index (χ2n) is 7.00. The van der Waals surface area contributed by atoms with Crippen LogP contribution in [0.4, 0.5) is 0 Å². The smallest absolute Gasteiger partial charge is 0.341 e. The third-order valence-electron chi connectivity index (χ3n) is 5.09. The van der Waals surface area contributed by atoms with Gasteiger partial charge in [-0.25, -0.2) is 4.79 Å². The quantitative estimate of drug-likeness (QED) is 0.787. The van der Waals surface area contributed by atoms with Crippen molar-refractivity contribution in [2.75, 3.05) is 13.1 Å². The lowest BCUT2D eigenvalue weighted by Crippen LogP contribution is -2.40. The lowest BCUT2D eigenvalue weighted by atomic mass is 10.0. The van der Waals surface area contributed by atoms with Gasteiger partial charge < -0.3 is 9.64 Å². The van der Waals surface area contributed by atoms with Crippen LogP contribution in [0.5, 0.6) is 0 Å². The number of aromatic nitrogens is 1. The van der Waals surface area contributed by atoms with Crippen LogP contribution in [0, 0.1) is 13.8 Å². The Labute approximate surface area is 154 Å². The van der Waals surface area contributed by atoms with E-state index in [-0.39, 0.29) is 5.91 Å². The van der Waals surface area contributed by atoms with Gasteiger partial charge >= 0.3 is 5.97 Å². The summed E-state index contributed by atoms with van der Waals surface area (Å²) < 4.78 is 5.53. The number of hydrogen-bond acceptors (Lipinski definition) is 4. The van der Waals surface area contributed by atoms with Crippen molar-refractivity contribution in [1.82, 2.24) is 9.88 Å². The number of carbonyl (C=O) groups excluding carboxylic acids is 2. The lowest BCUT2D eigenvalue weighted by Gasteiger charge is -2.24. The predicted molar refractivity (Wildman–Crippen MR) is 101 cm³/mol. The van der Waals surface area contributed by atoms with Crippen molar-refractivity contribution in [2.24, 2.45) is 0 Å². The minimum atomic E-state index is -0.786. The number of benzene rings is 1. The van der Waals surface area contributed by atoms with E-state index in [4.69, 9.17) is 4.74 Å². The molecule has 5 heteroatoms. The van der Waals surface area contributed by atoms with Crippen molar-refractivity contribution in [3.05, 3.63) is 41.1 Å². The number of amides is 1. The normalized spacial score (nSPS) is 16.2. The van der Waals surface area contributed by atoms with Crippen LogP contribution in [-0.2, 0) is 9.53 Å². The third-order valence-corrected chi connectivity index (χ3v) is 5.09. The molecule has 1 aromatic heterocycles. The number of hydrogen-bond donors (Lipinski definition) is 0. The fourth-order valence-corrected chi connectivity index (χ4v) is 3.65. The molecular formula is C21H26N2O3.